The standard InChI is InChI=1S/C23H45NO4.2Na.2H/c1-2-3-4-5-6-7-8-9-10-11-12-13-14-15-16-17-20-28-23(27)21(24)18-19-22(25)26;;;;/h21H,2-20,24H2,1H3,(H,25,26);;;;. The zero-order valence-electron chi connectivity index (χ0n) is 18.3. The van der Waals surface area contributed by atoms with Crippen molar-refractivity contribution >= 4 is 71.1 Å². The van der Waals surface area contributed by atoms with Crippen LogP contribution < -0.4 is 5.73 Å². The van der Waals surface area contributed by atoms with Crippen LogP contribution in [0.1, 0.15) is 122 Å². The van der Waals surface area contributed by atoms with Gasteiger partial charge in [0.15, 0.2) is 0 Å². The van der Waals surface area contributed by atoms with E-state index in [4.69, 9.17) is 15.6 Å². The van der Waals surface area contributed by atoms with E-state index in [2.05, 4.69) is 6.92 Å². The van der Waals surface area contributed by atoms with Gasteiger partial charge < -0.3 is 15.6 Å². The molecule has 0 saturated carbocycles. The van der Waals surface area contributed by atoms with Crippen molar-refractivity contribution in [2.24, 2.45) is 5.73 Å². The molecule has 7 heteroatoms. The van der Waals surface area contributed by atoms with E-state index in [1.165, 1.54) is 89.9 Å². The molecule has 0 aliphatic heterocycles. The van der Waals surface area contributed by atoms with Crippen LogP contribution in [0.15, 0.2) is 0 Å². The fourth-order valence-corrected chi connectivity index (χ4v) is 3.33. The van der Waals surface area contributed by atoms with Crippen molar-refractivity contribution in [3.05, 3.63) is 0 Å². The van der Waals surface area contributed by atoms with E-state index < -0.39 is 18.0 Å². The maximum atomic E-state index is 11.6. The maximum absolute atomic E-state index is 11.6. The van der Waals surface area contributed by atoms with Crippen molar-refractivity contribution < 1.29 is 19.4 Å². The third-order valence-electron chi connectivity index (χ3n) is 5.21. The van der Waals surface area contributed by atoms with Crippen LogP contribution in [0.4, 0.5) is 0 Å². The minimum atomic E-state index is -0.943. The van der Waals surface area contributed by atoms with Gasteiger partial charge in [-0.3, -0.25) is 9.59 Å². The van der Waals surface area contributed by atoms with Crippen LogP contribution in [0.5, 0.6) is 0 Å². The summed E-state index contributed by atoms with van der Waals surface area (Å²) >= 11 is 0. The number of rotatable bonds is 21. The molecular weight excluding hydrogens is 400 g/mol. The van der Waals surface area contributed by atoms with Crippen molar-refractivity contribution in [2.45, 2.75) is 129 Å². The van der Waals surface area contributed by atoms with E-state index in [1.54, 1.807) is 0 Å². The van der Waals surface area contributed by atoms with Gasteiger partial charge in [0, 0.05) is 6.42 Å². The average Bonchev–Trinajstić information content (AvgIpc) is 2.68. The number of esters is 1. The van der Waals surface area contributed by atoms with Crippen molar-refractivity contribution in [2.75, 3.05) is 6.61 Å². The molecule has 170 valence electrons. The summed E-state index contributed by atoms with van der Waals surface area (Å²) in [5, 5.41) is 8.57. The number of aliphatic carboxylic acids is 1. The van der Waals surface area contributed by atoms with Crippen LogP contribution in [-0.4, -0.2) is 88.8 Å². The molecule has 0 rings (SSSR count). The molecule has 0 aromatic rings. The molecule has 0 aromatic heterocycles. The normalized spacial score (nSPS) is 11.3. The molecule has 0 aromatic carbocycles. The Kier molecular flexibility index (Phi) is 33.0. The summed E-state index contributed by atoms with van der Waals surface area (Å²) in [6.45, 7) is 2.65. The molecule has 3 N–H and O–H groups in total. The van der Waals surface area contributed by atoms with Crippen molar-refractivity contribution in [1.82, 2.24) is 0 Å². The summed E-state index contributed by atoms with van der Waals surface area (Å²) < 4.78 is 5.10. The fraction of sp³-hybridized carbons (Fsp3) is 0.913. The van der Waals surface area contributed by atoms with E-state index in [9.17, 15) is 9.59 Å². The molecule has 1 unspecified atom stereocenters. The van der Waals surface area contributed by atoms with Crippen molar-refractivity contribution in [3.8, 4) is 0 Å². The summed E-state index contributed by atoms with van der Waals surface area (Å²) in [6, 6.07) is -0.822. The van der Waals surface area contributed by atoms with E-state index in [-0.39, 0.29) is 72.0 Å². The number of carboxylic acids is 1. The first-order valence-corrected chi connectivity index (χ1v) is 11.7. The summed E-state index contributed by atoms with van der Waals surface area (Å²) in [5.41, 5.74) is 5.60. The second-order valence-corrected chi connectivity index (χ2v) is 8.01. The number of carboxylic acid groups (broad SMARTS) is 1. The summed E-state index contributed by atoms with van der Waals surface area (Å²) in [6.07, 6.45) is 21.0. The predicted molar refractivity (Wildman–Crippen MR) is 130 cm³/mol. The number of hydrogen-bond acceptors (Lipinski definition) is 4. The molecule has 30 heavy (non-hydrogen) atoms. The van der Waals surface area contributed by atoms with Crippen LogP contribution in [0.3, 0.4) is 0 Å². The van der Waals surface area contributed by atoms with Gasteiger partial charge in [0.2, 0.25) is 0 Å². The van der Waals surface area contributed by atoms with E-state index in [0.29, 0.717) is 6.61 Å². The zero-order valence-corrected chi connectivity index (χ0v) is 18.3. The molecule has 0 radical (unpaired) electrons. The Balaban J connectivity index is -0.00000364. The van der Waals surface area contributed by atoms with Gasteiger partial charge in [0.05, 0.1) is 6.61 Å². The van der Waals surface area contributed by atoms with Crippen LogP contribution in [0, 0.1) is 0 Å². The van der Waals surface area contributed by atoms with Crippen LogP contribution in [0.25, 0.3) is 0 Å². The first-order valence-electron chi connectivity index (χ1n) is 11.7. The SMILES string of the molecule is CCCCCCCCCCCCCCCCCCOC(=O)C(N)CCC(=O)O.[NaH].[NaH]. The summed E-state index contributed by atoms with van der Waals surface area (Å²) in [7, 11) is 0. The number of hydrogen-bond donors (Lipinski definition) is 2. The topological polar surface area (TPSA) is 89.6 Å². The van der Waals surface area contributed by atoms with Gasteiger partial charge in [-0.05, 0) is 12.8 Å². The first kappa shape index (κ1) is 35.5. The second-order valence-electron chi connectivity index (χ2n) is 8.01. The quantitative estimate of drug-likeness (QED) is 0.151. The Morgan fingerprint density at radius 3 is 1.47 bits per heavy atom. The van der Waals surface area contributed by atoms with E-state index in [0.717, 1.165) is 12.8 Å². The molecule has 0 saturated heterocycles. The second kappa shape index (κ2) is 27.9. The van der Waals surface area contributed by atoms with Gasteiger partial charge in [-0.1, -0.05) is 103 Å². The third kappa shape index (κ3) is 26.9. The van der Waals surface area contributed by atoms with Crippen LogP contribution in [-0.2, 0) is 14.3 Å². The Morgan fingerprint density at radius 2 is 1.10 bits per heavy atom. The first-order chi connectivity index (χ1) is 13.6. The molecule has 1 atom stereocenters. The Bertz CT molecular complexity index is 384. The Labute approximate surface area is 229 Å². The number of nitrogens with two attached hydrogens (primary N) is 1. The van der Waals surface area contributed by atoms with Crippen molar-refractivity contribution in [1.29, 1.82) is 0 Å². The molecule has 0 amide bonds. The average molecular weight is 448 g/mol. The third-order valence-corrected chi connectivity index (χ3v) is 5.21. The fourth-order valence-electron chi connectivity index (χ4n) is 3.33. The molecule has 0 aliphatic rings. The number of carbonyl (C=O) groups is 2. The van der Waals surface area contributed by atoms with E-state index >= 15 is 0 Å². The van der Waals surface area contributed by atoms with Crippen LogP contribution >= 0.6 is 0 Å². The Morgan fingerprint density at radius 1 is 0.733 bits per heavy atom. The summed E-state index contributed by atoms with van der Waals surface area (Å²) in [5.74, 6) is -1.43. The van der Waals surface area contributed by atoms with Gasteiger partial charge in [-0.25, -0.2) is 0 Å². The van der Waals surface area contributed by atoms with E-state index in [1.807, 2.05) is 0 Å². The molecule has 0 bridgehead atoms. The monoisotopic (exact) mass is 447 g/mol. The van der Waals surface area contributed by atoms with Gasteiger partial charge >= 0.3 is 71.1 Å². The van der Waals surface area contributed by atoms with Crippen LogP contribution in [0.2, 0.25) is 0 Å². The number of unbranched alkanes of at least 4 members (excludes halogenated alkanes) is 15. The van der Waals surface area contributed by atoms with Crippen molar-refractivity contribution in [3.63, 3.8) is 0 Å². The molecule has 0 fully saturated rings. The van der Waals surface area contributed by atoms with Gasteiger partial charge in [0.1, 0.15) is 6.04 Å². The molecular formula is C23H47NNa2O4. The van der Waals surface area contributed by atoms with Gasteiger partial charge in [-0.2, -0.15) is 0 Å². The molecule has 0 spiro atoms. The molecule has 0 heterocycles. The predicted octanol–water partition coefficient (Wildman–Crippen LogP) is 4.69. The zero-order chi connectivity index (χ0) is 20.9. The van der Waals surface area contributed by atoms with Gasteiger partial charge in [-0.15, -0.1) is 0 Å². The molecule has 0 aliphatic carbocycles. The summed E-state index contributed by atoms with van der Waals surface area (Å²) in [4.78, 5) is 22.0. The molecule has 5 nitrogen and oxygen atoms in total. The Hall–Kier alpha value is 0.900. The minimum absolute atomic E-state index is 0. The number of ether oxygens (including phenoxy) is 1. The number of carbonyl (C=O) groups excluding carboxylic acids is 1. The van der Waals surface area contributed by atoms with Gasteiger partial charge in [0.25, 0.3) is 0 Å².